The van der Waals surface area contributed by atoms with E-state index in [1.54, 1.807) is 24.3 Å². The van der Waals surface area contributed by atoms with Crippen LogP contribution in [0.25, 0.3) is 0 Å². The summed E-state index contributed by atoms with van der Waals surface area (Å²) in [5.41, 5.74) is 0.536. The molecule has 0 spiro atoms. The van der Waals surface area contributed by atoms with Gasteiger partial charge in [-0.1, -0.05) is 19.3 Å². The number of rotatable bonds is 8. The van der Waals surface area contributed by atoms with Crippen molar-refractivity contribution in [1.82, 2.24) is 5.32 Å². The molecule has 1 aliphatic rings. The highest BCUT2D eigenvalue weighted by atomic mass is 32.2. The molecule has 0 saturated heterocycles. The van der Waals surface area contributed by atoms with Crippen molar-refractivity contribution < 1.29 is 17.9 Å². The predicted molar refractivity (Wildman–Crippen MR) is 104 cm³/mol. The first kappa shape index (κ1) is 20.6. The molecular formula is C19H30N2O4S. The van der Waals surface area contributed by atoms with Gasteiger partial charge in [0, 0.05) is 19.0 Å². The molecule has 0 radical (unpaired) electrons. The minimum Gasteiger partial charge on any atom is -0.491 e. The first-order chi connectivity index (χ1) is 12.3. The molecule has 1 aromatic rings. The quantitative estimate of drug-likeness (QED) is 0.750. The fourth-order valence-corrected chi connectivity index (χ4v) is 4.13. The number of carbonyl (C=O) groups excluding carboxylic acids is 1. The van der Waals surface area contributed by atoms with Gasteiger partial charge in [-0.3, -0.25) is 9.10 Å². The van der Waals surface area contributed by atoms with Gasteiger partial charge in [0.05, 0.1) is 18.0 Å². The Kier molecular flexibility index (Phi) is 7.32. The topological polar surface area (TPSA) is 75.7 Å². The van der Waals surface area contributed by atoms with E-state index in [2.05, 4.69) is 5.32 Å². The van der Waals surface area contributed by atoms with Crippen LogP contribution in [0.4, 0.5) is 5.69 Å². The number of nitrogens with one attached hydrogen (secondary N) is 1. The molecule has 1 aromatic carbocycles. The van der Waals surface area contributed by atoms with Crippen molar-refractivity contribution in [3.8, 4) is 5.75 Å². The Labute approximate surface area is 157 Å². The molecule has 6 nitrogen and oxygen atoms in total. The summed E-state index contributed by atoms with van der Waals surface area (Å²) < 4.78 is 31.2. The van der Waals surface area contributed by atoms with Crippen molar-refractivity contribution in [1.29, 1.82) is 0 Å². The van der Waals surface area contributed by atoms with Crippen molar-refractivity contribution in [2.24, 2.45) is 0 Å². The van der Waals surface area contributed by atoms with Crippen molar-refractivity contribution in [2.45, 2.75) is 64.5 Å². The largest absolute Gasteiger partial charge is 0.491 e. The molecule has 1 aliphatic carbocycles. The number of anilines is 1. The van der Waals surface area contributed by atoms with Crippen LogP contribution in [0.1, 0.15) is 52.4 Å². The summed E-state index contributed by atoms with van der Waals surface area (Å²) in [6.07, 6.45) is 6.90. The maximum absolute atomic E-state index is 12.2. The molecule has 2 rings (SSSR count). The second-order valence-electron chi connectivity index (χ2n) is 7.15. The molecule has 1 saturated carbocycles. The normalized spacial score (nSPS) is 15.7. The molecular weight excluding hydrogens is 352 g/mol. The first-order valence-electron chi connectivity index (χ1n) is 9.29. The number of amides is 1. The lowest BCUT2D eigenvalue weighted by atomic mass is 9.95. The number of hydrogen-bond donors (Lipinski definition) is 1. The molecule has 0 heterocycles. The van der Waals surface area contributed by atoms with E-state index >= 15 is 0 Å². The molecule has 0 bridgehead atoms. The zero-order chi connectivity index (χ0) is 19.2. The number of sulfonamides is 1. The third kappa shape index (κ3) is 6.52. The predicted octanol–water partition coefficient (Wildman–Crippen LogP) is 3.08. The number of ether oxygens (including phenoxy) is 1. The molecule has 0 aromatic heterocycles. The first-order valence-corrected chi connectivity index (χ1v) is 11.1. The Bertz CT molecular complexity index is 680. The fraction of sp³-hybridized carbons (Fsp3) is 0.632. The summed E-state index contributed by atoms with van der Waals surface area (Å²) >= 11 is 0. The van der Waals surface area contributed by atoms with Crippen LogP contribution in [0.2, 0.25) is 0 Å². The molecule has 7 heteroatoms. The summed E-state index contributed by atoms with van der Waals surface area (Å²) in [5.74, 6) is 0.595. The van der Waals surface area contributed by atoms with Crippen LogP contribution in [-0.4, -0.2) is 39.3 Å². The van der Waals surface area contributed by atoms with E-state index < -0.39 is 10.0 Å². The third-order valence-electron chi connectivity index (χ3n) is 4.41. The second kappa shape index (κ2) is 9.26. The van der Waals surface area contributed by atoms with E-state index in [-0.39, 0.29) is 31.0 Å². The lowest BCUT2D eigenvalue weighted by Crippen LogP contribution is -2.39. The average molecular weight is 383 g/mol. The maximum atomic E-state index is 12.2. The Balaban J connectivity index is 1.98. The van der Waals surface area contributed by atoms with E-state index in [4.69, 9.17) is 4.74 Å². The van der Waals surface area contributed by atoms with Crippen molar-refractivity contribution in [3.05, 3.63) is 24.3 Å². The van der Waals surface area contributed by atoms with Crippen LogP contribution in [0.15, 0.2) is 24.3 Å². The standard InChI is InChI=1S/C19H30N2O4S/c1-15(2)25-18-11-9-17(10-12-18)21(26(3,23)24)14-13-19(22)20-16-7-5-4-6-8-16/h9-12,15-16H,4-8,13-14H2,1-3H3,(H,20,22). The lowest BCUT2D eigenvalue weighted by molar-refractivity contribution is -0.121. The SMILES string of the molecule is CC(C)Oc1ccc(N(CCC(=O)NC2CCCCC2)S(C)(=O)=O)cc1. The Hall–Kier alpha value is -1.76. The molecule has 1 amide bonds. The maximum Gasteiger partial charge on any atom is 0.232 e. The van der Waals surface area contributed by atoms with E-state index in [1.165, 1.54) is 10.7 Å². The van der Waals surface area contributed by atoms with Crippen molar-refractivity contribution in [2.75, 3.05) is 17.1 Å². The summed E-state index contributed by atoms with van der Waals surface area (Å²) in [7, 11) is -3.47. The van der Waals surface area contributed by atoms with Gasteiger partial charge < -0.3 is 10.1 Å². The lowest BCUT2D eigenvalue weighted by Gasteiger charge is -2.25. The van der Waals surface area contributed by atoms with Gasteiger partial charge in [0.2, 0.25) is 15.9 Å². The van der Waals surface area contributed by atoms with Gasteiger partial charge in [0.25, 0.3) is 0 Å². The Morgan fingerprint density at radius 3 is 2.35 bits per heavy atom. The summed E-state index contributed by atoms with van der Waals surface area (Å²) in [6.45, 7) is 3.99. The van der Waals surface area contributed by atoms with Crippen LogP contribution in [0.5, 0.6) is 5.75 Å². The van der Waals surface area contributed by atoms with Gasteiger partial charge in [0.15, 0.2) is 0 Å². The Morgan fingerprint density at radius 1 is 1.19 bits per heavy atom. The van der Waals surface area contributed by atoms with Crippen molar-refractivity contribution in [3.63, 3.8) is 0 Å². The van der Waals surface area contributed by atoms with Crippen molar-refractivity contribution >= 4 is 21.6 Å². The number of carbonyl (C=O) groups is 1. The zero-order valence-electron chi connectivity index (χ0n) is 15.9. The van der Waals surface area contributed by atoms with E-state index in [0.29, 0.717) is 11.4 Å². The van der Waals surface area contributed by atoms with E-state index in [0.717, 1.165) is 31.9 Å². The van der Waals surface area contributed by atoms with Crippen LogP contribution < -0.4 is 14.4 Å². The Morgan fingerprint density at radius 2 is 1.81 bits per heavy atom. The number of nitrogens with zero attached hydrogens (tertiary/aromatic N) is 1. The zero-order valence-corrected chi connectivity index (χ0v) is 16.7. The monoisotopic (exact) mass is 382 g/mol. The van der Waals surface area contributed by atoms with Gasteiger partial charge in [0.1, 0.15) is 5.75 Å². The average Bonchev–Trinajstić information content (AvgIpc) is 2.55. The van der Waals surface area contributed by atoms with Gasteiger partial charge in [-0.05, 0) is 51.0 Å². The van der Waals surface area contributed by atoms with Crippen LogP contribution in [0, 0.1) is 0 Å². The minimum absolute atomic E-state index is 0.0512. The van der Waals surface area contributed by atoms with E-state index in [9.17, 15) is 13.2 Å². The van der Waals surface area contributed by atoms with Crippen LogP contribution in [-0.2, 0) is 14.8 Å². The molecule has 26 heavy (non-hydrogen) atoms. The van der Waals surface area contributed by atoms with Gasteiger partial charge in [-0.25, -0.2) is 8.42 Å². The highest BCUT2D eigenvalue weighted by Gasteiger charge is 2.20. The highest BCUT2D eigenvalue weighted by molar-refractivity contribution is 7.92. The van der Waals surface area contributed by atoms with Gasteiger partial charge in [-0.15, -0.1) is 0 Å². The molecule has 0 atom stereocenters. The highest BCUT2D eigenvalue weighted by Crippen LogP contribution is 2.23. The summed E-state index contributed by atoms with van der Waals surface area (Å²) in [5, 5.41) is 3.03. The molecule has 1 N–H and O–H groups in total. The minimum atomic E-state index is -3.47. The van der Waals surface area contributed by atoms with Crippen LogP contribution in [0.3, 0.4) is 0 Å². The van der Waals surface area contributed by atoms with Gasteiger partial charge in [-0.2, -0.15) is 0 Å². The summed E-state index contributed by atoms with van der Waals surface area (Å²) in [4.78, 5) is 12.2. The third-order valence-corrected chi connectivity index (χ3v) is 5.60. The number of benzene rings is 1. The smallest absolute Gasteiger partial charge is 0.232 e. The van der Waals surface area contributed by atoms with Crippen LogP contribution >= 0.6 is 0 Å². The van der Waals surface area contributed by atoms with Gasteiger partial charge >= 0.3 is 0 Å². The van der Waals surface area contributed by atoms with E-state index in [1.807, 2.05) is 13.8 Å². The molecule has 1 fully saturated rings. The summed E-state index contributed by atoms with van der Waals surface area (Å²) in [6, 6.07) is 7.14. The fourth-order valence-electron chi connectivity index (χ4n) is 3.20. The molecule has 0 unspecified atom stereocenters. The molecule has 146 valence electrons. The second-order valence-corrected chi connectivity index (χ2v) is 9.05. The number of hydrogen-bond acceptors (Lipinski definition) is 4. The molecule has 0 aliphatic heterocycles.